The molecule has 5 rings (SSSR count). The number of hydrogen-bond donors (Lipinski definition) is 0. The first-order chi connectivity index (χ1) is 18.6. The Morgan fingerprint density at radius 1 is 1.10 bits per heavy atom. The molecule has 0 spiro atoms. The van der Waals surface area contributed by atoms with Crippen molar-refractivity contribution in [3.05, 3.63) is 23.8 Å². The van der Waals surface area contributed by atoms with Gasteiger partial charge in [0.1, 0.15) is 11.4 Å². The van der Waals surface area contributed by atoms with Crippen LogP contribution >= 0.6 is 15.9 Å². The molecule has 5 aliphatic rings. The first-order valence-electron chi connectivity index (χ1n) is 15.9. The van der Waals surface area contributed by atoms with Crippen LogP contribution in [0.3, 0.4) is 0 Å². The lowest BCUT2D eigenvalue weighted by Gasteiger charge is -2.48. The van der Waals surface area contributed by atoms with E-state index in [2.05, 4.69) is 68.8 Å². The number of fused-ring (bicyclic) bond motifs is 3. The summed E-state index contributed by atoms with van der Waals surface area (Å²) < 4.78 is 11.5. The van der Waals surface area contributed by atoms with E-state index in [1.807, 2.05) is 0 Å². The minimum Gasteiger partial charge on any atom is -0.465 e. The van der Waals surface area contributed by atoms with E-state index in [0.717, 1.165) is 31.6 Å². The Morgan fingerprint density at radius 2 is 1.90 bits per heavy atom. The molecule has 5 heteroatoms. The number of hydrogen-bond acceptors (Lipinski definition) is 4. The lowest BCUT2D eigenvalue weighted by Crippen LogP contribution is -2.45. The van der Waals surface area contributed by atoms with Gasteiger partial charge in [-0.05, 0) is 111 Å². The third-order valence-corrected chi connectivity index (χ3v) is 12.5. The van der Waals surface area contributed by atoms with Crippen molar-refractivity contribution in [2.24, 2.45) is 64.6 Å². The summed E-state index contributed by atoms with van der Waals surface area (Å²) in [6.45, 7) is 12.6. The van der Waals surface area contributed by atoms with Gasteiger partial charge in [-0.2, -0.15) is 0 Å². The first-order valence-corrected chi connectivity index (χ1v) is 17.1. The molecule has 1 heterocycles. The Kier molecular flexibility index (Phi) is 9.06. The average molecular weight is 604 g/mol. The molecule has 0 bridgehead atoms. The van der Waals surface area contributed by atoms with Gasteiger partial charge in [-0.25, -0.2) is 0 Å². The molecular weight excluding hydrogens is 552 g/mol. The van der Waals surface area contributed by atoms with Crippen molar-refractivity contribution in [3.63, 3.8) is 0 Å². The minimum atomic E-state index is -0.160. The van der Waals surface area contributed by atoms with Gasteiger partial charge in [0.25, 0.3) is 0 Å². The van der Waals surface area contributed by atoms with Gasteiger partial charge in [0.05, 0.1) is 12.5 Å². The van der Waals surface area contributed by atoms with E-state index in [1.165, 1.54) is 32.1 Å². The number of cyclic esters (lactones) is 1. The molecule has 0 aromatic carbocycles. The number of ether oxygens (including phenoxy) is 2. The normalized spacial score (nSPS) is 42.6. The summed E-state index contributed by atoms with van der Waals surface area (Å²) in [7, 11) is 0. The highest BCUT2D eigenvalue weighted by molar-refractivity contribution is 9.09. The van der Waals surface area contributed by atoms with E-state index in [0.29, 0.717) is 53.4 Å². The molecular formula is C34H51BrO4. The van der Waals surface area contributed by atoms with Crippen LogP contribution in [-0.2, 0) is 19.1 Å². The number of halogens is 1. The van der Waals surface area contributed by atoms with Crippen molar-refractivity contribution in [2.45, 2.75) is 98.5 Å². The van der Waals surface area contributed by atoms with Crippen LogP contribution in [-0.4, -0.2) is 30.0 Å². The van der Waals surface area contributed by atoms with Gasteiger partial charge in [0.2, 0.25) is 0 Å². The van der Waals surface area contributed by atoms with Crippen molar-refractivity contribution in [2.75, 3.05) is 11.9 Å². The van der Waals surface area contributed by atoms with Crippen LogP contribution < -0.4 is 0 Å². The summed E-state index contributed by atoms with van der Waals surface area (Å²) in [5.74, 6) is 4.84. The van der Waals surface area contributed by atoms with Crippen molar-refractivity contribution < 1.29 is 19.1 Å². The van der Waals surface area contributed by atoms with E-state index in [1.54, 1.807) is 5.57 Å². The van der Waals surface area contributed by atoms with E-state index in [9.17, 15) is 9.59 Å². The second-order valence-electron chi connectivity index (χ2n) is 14.4. The van der Waals surface area contributed by atoms with Gasteiger partial charge < -0.3 is 9.47 Å². The molecule has 4 saturated carbocycles. The molecule has 8 unspecified atom stereocenters. The largest absolute Gasteiger partial charge is 0.465 e. The minimum absolute atomic E-state index is 0.000114. The second-order valence-corrected chi connectivity index (χ2v) is 14.9. The Hall–Kier alpha value is -1.10. The fourth-order valence-corrected chi connectivity index (χ4v) is 9.66. The van der Waals surface area contributed by atoms with E-state index < -0.39 is 0 Å². The van der Waals surface area contributed by atoms with Crippen LogP contribution in [0.25, 0.3) is 0 Å². The van der Waals surface area contributed by atoms with Gasteiger partial charge >= 0.3 is 11.9 Å². The summed E-state index contributed by atoms with van der Waals surface area (Å²) in [4.78, 5) is 24.8. The summed E-state index contributed by atoms with van der Waals surface area (Å²) in [5, 5.41) is 0.254. The zero-order valence-electron chi connectivity index (χ0n) is 24.9. The van der Waals surface area contributed by atoms with Crippen LogP contribution in [0.1, 0.15) is 92.4 Å². The van der Waals surface area contributed by atoms with Crippen LogP contribution in [0.5, 0.6) is 0 Å². The molecule has 1 saturated heterocycles. The smallest absolute Gasteiger partial charge is 0.316 e. The number of esters is 2. The molecule has 11 atom stereocenters. The van der Waals surface area contributed by atoms with Crippen molar-refractivity contribution in [3.8, 4) is 0 Å². The van der Waals surface area contributed by atoms with Gasteiger partial charge in [0, 0.05) is 5.92 Å². The predicted octanol–water partition coefficient (Wildman–Crippen LogP) is 8.15. The maximum absolute atomic E-state index is 12.7. The van der Waals surface area contributed by atoms with Crippen LogP contribution in [0, 0.1) is 64.6 Å². The zero-order valence-corrected chi connectivity index (χ0v) is 26.5. The Morgan fingerprint density at radius 3 is 2.64 bits per heavy atom. The highest BCUT2D eigenvalue weighted by Crippen LogP contribution is 2.61. The van der Waals surface area contributed by atoms with Crippen LogP contribution in [0.4, 0.5) is 0 Å². The Balaban J connectivity index is 1.39. The fourth-order valence-electron chi connectivity index (χ4n) is 9.53. The van der Waals surface area contributed by atoms with Gasteiger partial charge in [-0.15, -0.1) is 0 Å². The highest BCUT2D eigenvalue weighted by atomic mass is 79.9. The number of alkyl halides is 1. The zero-order chi connectivity index (χ0) is 27.9. The Bertz CT molecular complexity index is 970. The quantitative estimate of drug-likeness (QED) is 0.167. The average Bonchev–Trinajstić information content (AvgIpc) is 3.46. The first kappa shape index (κ1) is 29.4. The molecule has 5 fully saturated rings. The van der Waals surface area contributed by atoms with Gasteiger partial charge in [0.15, 0.2) is 0 Å². The van der Waals surface area contributed by atoms with Crippen LogP contribution in [0.15, 0.2) is 23.8 Å². The molecule has 0 aromatic heterocycles. The van der Waals surface area contributed by atoms with Crippen LogP contribution in [0.2, 0.25) is 0 Å². The fraction of sp³-hybridized carbons (Fsp3) is 0.824. The van der Waals surface area contributed by atoms with Gasteiger partial charge in [-0.3, -0.25) is 9.59 Å². The molecule has 0 amide bonds. The highest BCUT2D eigenvalue weighted by Gasteiger charge is 2.54. The summed E-state index contributed by atoms with van der Waals surface area (Å²) in [5.41, 5.74) is 2.02. The molecule has 1 aliphatic heterocycles. The summed E-state index contributed by atoms with van der Waals surface area (Å²) in [6.07, 6.45) is 17.9. The Labute approximate surface area is 245 Å². The topological polar surface area (TPSA) is 52.6 Å². The summed E-state index contributed by atoms with van der Waals surface area (Å²) >= 11 is 3.26. The van der Waals surface area contributed by atoms with E-state index in [4.69, 9.17) is 9.47 Å². The molecule has 218 valence electrons. The maximum Gasteiger partial charge on any atom is 0.316 e. The van der Waals surface area contributed by atoms with Crippen molar-refractivity contribution >= 4 is 27.9 Å². The number of carbonyl (C=O) groups excluding carboxylic acids is 2. The van der Waals surface area contributed by atoms with Crippen molar-refractivity contribution in [1.29, 1.82) is 0 Å². The lowest BCUT2D eigenvalue weighted by molar-refractivity contribution is -0.150. The third kappa shape index (κ3) is 5.82. The standard InChI is InChI=1S/C34H51BrO4/c1-20(2)21(3)8-9-22(4)30-12-13-31-24(7-6-14-34(30,31)5)16-27-26-17-25(39-32(36)18-35)11-10-23(26)15-28-29(27)19-38-33(28)37/h8-9,16,20-23,25-31H,6-7,10-15,17-19H2,1-5H3/b9-8+,24-16+/t21?,22-,23?,25+,26?,27+,28?,29?,30?,31?,34?/m1/s1. The lowest BCUT2D eigenvalue weighted by atomic mass is 9.56. The molecule has 0 aromatic rings. The van der Waals surface area contributed by atoms with Gasteiger partial charge in [-0.1, -0.05) is 74.3 Å². The van der Waals surface area contributed by atoms with E-state index in [-0.39, 0.29) is 35.2 Å². The molecule has 4 nitrogen and oxygen atoms in total. The monoisotopic (exact) mass is 602 g/mol. The SMILES string of the molecule is CC(C)C(C)/C=C/[C@@H](C)C1CCC2/C(=C/[C@H]3C4C[C@@H](OC(=O)CBr)CCC4CC4C(=O)OCC43)CCCC21C. The van der Waals surface area contributed by atoms with E-state index >= 15 is 0 Å². The number of carbonyl (C=O) groups is 2. The third-order valence-electron chi connectivity index (χ3n) is 12.0. The predicted molar refractivity (Wildman–Crippen MR) is 159 cm³/mol. The molecule has 0 N–H and O–H groups in total. The van der Waals surface area contributed by atoms with Crippen molar-refractivity contribution in [1.82, 2.24) is 0 Å². The second kappa shape index (κ2) is 12.0. The molecule has 4 aliphatic carbocycles. The summed E-state index contributed by atoms with van der Waals surface area (Å²) in [6, 6.07) is 0. The maximum atomic E-state index is 12.7. The number of rotatable bonds is 7. The number of allylic oxidation sites excluding steroid dienone is 4. The molecule has 0 radical (unpaired) electrons. The molecule has 39 heavy (non-hydrogen) atoms.